The smallest absolute Gasteiger partial charge is 0.198 e. The summed E-state index contributed by atoms with van der Waals surface area (Å²) in [5.74, 6) is 0. The van der Waals surface area contributed by atoms with Gasteiger partial charge in [0, 0.05) is 0 Å². The molecule has 1 aromatic rings. The Morgan fingerprint density at radius 3 is 1.67 bits per heavy atom. The summed E-state index contributed by atoms with van der Waals surface area (Å²) in [4.78, 5) is 0. The van der Waals surface area contributed by atoms with Crippen molar-refractivity contribution < 1.29 is 26.3 Å². The van der Waals surface area contributed by atoms with E-state index in [1.807, 2.05) is 0 Å². The van der Waals surface area contributed by atoms with E-state index in [0.717, 1.165) is 6.92 Å². The maximum Gasteiger partial charge on any atom is 0.416 e. The lowest BCUT2D eigenvalue weighted by Crippen LogP contribution is -2.17. The number of nitrogens with zero attached hydrogens (tertiary/aromatic N) is 1. The average Bonchev–Trinajstić information content (AvgIpc) is 2.17. The summed E-state index contributed by atoms with van der Waals surface area (Å²) in [7, 11) is 0. The summed E-state index contributed by atoms with van der Waals surface area (Å²) in [6, 6.07) is 2.55. The number of nitriles is 1. The number of halogens is 6. The molecule has 0 aliphatic rings. The molecule has 0 amide bonds. The molecule has 7 heteroatoms. The molecular formula is C11H7F6N. The summed E-state index contributed by atoms with van der Waals surface area (Å²) in [5, 5.41) is 8.38. The van der Waals surface area contributed by atoms with E-state index in [9.17, 15) is 26.3 Å². The van der Waals surface area contributed by atoms with Crippen LogP contribution in [0.1, 0.15) is 22.3 Å². The lowest BCUT2D eigenvalue weighted by Gasteiger charge is -2.18. The van der Waals surface area contributed by atoms with E-state index in [-0.39, 0.29) is 5.56 Å². The first-order valence-electron chi connectivity index (χ1n) is 4.72. The van der Waals surface area contributed by atoms with Crippen LogP contribution in [-0.2, 0) is 18.8 Å². The molecular weight excluding hydrogens is 260 g/mol. The van der Waals surface area contributed by atoms with Crippen LogP contribution in [0, 0.1) is 18.3 Å². The maximum absolute atomic E-state index is 12.6. The zero-order valence-corrected chi connectivity index (χ0v) is 9.08. The maximum atomic E-state index is 12.6. The van der Waals surface area contributed by atoms with Crippen molar-refractivity contribution in [3.05, 3.63) is 34.4 Å². The van der Waals surface area contributed by atoms with Crippen LogP contribution < -0.4 is 0 Å². The second-order valence-corrected chi connectivity index (χ2v) is 3.67. The third-order valence-electron chi connectivity index (χ3n) is 2.26. The predicted octanol–water partition coefficient (Wildman–Crippen LogP) is 4.10. The zero-order valence-electron chi connectivity index (χ0n) is 9.08. The molecule has 0 unspecified atom stereocenters. The lowest BCUT2D eigenvalue weighted by atomic mass is 9.95. The first-order chi connectivity index (χ1) is 8.07. The number of hydrogen-bond donors (Lipinski definition) is 0. The highest BCUT2D eigenvalue weighted by molar-refractivity contribution is 5.43. The van der Waals surface area contributed by atoms with Gasteiger partial charge in [0.05, 0.1) is 23.6 Å². The highest BCUT2D eigenvalue weighted by Gasteiger charge is 2.40. The Balaban J connectivity index is 3.63. The molecule has 98 valence electrons. The Hall–Kier alpha value is -1.71. The van der Waals surface area contributed by atoms with Gasteiger partial charge in [-0.25, -0.2) is 0 Å². The van der Waals surface area contributed by atoms with Crippen molar-refractivity contribution >= 4 is 0 Å². The van der Waals surface area contributed by atoms with E-state index in [2.05, 4.69) is 0 Å². The summed E-state index contributed by atoms with van der Waals surface area (Å²) in [6.45, 7) is 1.14. The van der Waals surface area contributed by atoms with Crippen molar-refractivity contribution in [2.45, 2.75) is 25.7 Å². The van der Waals surface area contributed by atoms with E-state index in [0.29, 0.717) is 12.1 Å². The van der Waals surface area contributed by atoms with E-state index in [4.69, 9.17) is 5.26 Å². The Morgan fingerprint density at radius 1 is 1.00 bits per heavy atom. The molecule has 0 saturated carbocycles. The molecule has 0 heterocycles. The molecule has 1 aromatic carbocycles. The topological polar surface area (TPSA) is 23.8 Å². The fourth-order valence-electron chi connectivity index (χ4n) is 1.59. The quantitative estimate of drug-likeness (QED) is 0.703. The molecule has 18 heavy (non-hydrogen) atoms. The fraction of sp³-hybridized carbons (Fsp3) is 0.364. The molecule has 1 rings (SSSR count). The van der Waals surface area contributed by atoms with Crippen molar-refractivity contribution in [2.24, 2.45) is 0 Å². The number of rotatable bonds is 1. The van der Waals surface area contributed by atoms with Crippen molar-refractivity contribution in [2.75, 3.05) is 0 Å². The molecule has 0 saturated heterocycles. The summed E-state index contributed by atoms with van der Waals surface area (Å²) in [6.07, 6.45) is -10.8. The summed E-state index contributed by atoms with van der Waals surface area (Å²) in [5.41, 5.74) is -3.99. The van der Waals surface area contributed by atoms with E-state index in [1.165, 1.54) is 6.07 Å². The van der Waals surface area contributed by atoms with Gasteiger partial charge in [0.15, 0.2) is 0 Å². The fourth-order valence-corrected chi connectivity index (χ4v) is 1.59. The van der Waals surface area contributed by atoms with Gasteiger partial charge in [0.2, 0.25) is 0 Å². The van der Waals surface area contributed by atoms with Gasteiger partial charge in [-0.05, 0) is 30.2 Å². The van der Waals surface area contributed by atoms with Gasteiger partial charge in [0.25, 0.3) is 0 Å². The third kappa shape index (κ3) is 2.94. The van der Waals surface area contributed by atoms with Crippen LogP contribution in [0.5, 0.6) is 0 Å². The highest BCUT2D eigenvalue weighted by Crippen LogP contribution is 2.40. The first kappa shape index (κ1) is 14.4. The van der Waals surface area contributed by atoms with E-state index < -0.39 is 35.5 Å². The average molecular weight is 267 g/mol. The molecule has 0 aliphatic carbocycles. The lowest BCUT2D eigenvalue weighted by molar-refractivity contribution is -0.144. The molecule has 0 N–H and O–H groups in total. The van der Waals surface area contributed by atoms with Crippen LogP contribution >= 0.6 is 0 Å². The Kier molecular flexibility index (Phi) is 3.60. The van der Waals surface area contributed by atoms with Gasteiger partial charge < -0.3 is 0 Å². The van der Waals surface area contributed by atoms with Gasteiger partial charge in [0.1, 0.15) is 0 Å². The number of alkyl halides is 6. The van der Waals surface area contributed by atoms with Crippen LogP contribution in [0.4, 0.5) is 26.3 Å². The van der Waals surface area contributed by atoms with Gasteiger partial charge in [-0.2, -0.15) is 31.6 Å². The van der Waals surface area contributed by atoms with E-state index in [1.54, 1.807) is 0 Å². The highest BCUT2D eigenvalue weighted by atomic mass is 19.4. The normalized spacial score (nSPS) is 12.3. The molecule has 0 spiro atoms. The number of hydrogen-bond acceptors (Lipinski definition) is 1. The van der Waals surface area contributed by atoms with Crippen LogP contribution in [-0.4, -0.2) is 0 Å². The molecule has 0 radical (unpaired) electrons. The minimum Gasteiger partial charge on any atom is -0.198 e. The monoisotopic (exact) mass is 267 g/mol. The SMILES string of the molecule is Cc1cc(C(F)(F)F)c(CC#N)c(C(F)(F)F)c1. The molecule has 0 atom stereocenters. The molecule has 1 nitrogen and oxygen atoms in total. The Bertz CT molecular complexity index is 457. The minimum absolute atomic E-state index is 0.156. The predicted molar refractivity (Wildman–Crippen MR) is 50.5 cm³/mol. The van der Waals surface area contributed by atoms with Crippen LogP contribution in [0.2, 0.25) is 0 Å². The Labute approximate surface area is 98.6 Å². The third-order valence-corrected chi connectivity index (χ3v) is 2.26. The van der Waals surface area contributed by atoms with Gasteiger partial charge in [-0.1, -0.05) is 0 Å². The molecule has 0 bridgehead atoms. The number of aryl methyl sites for hydroxylation is 1. The van der Waals surface area contributed by atoms with Crippen LogP contribution in [0.25, 0.3) is 0 Å². The molecule has 0 aliphatic heterocycles. The minimum atomic E-state index is -4.92. The van der Waals surface area contributed by atoms with E-state index >= 15 is 0 Å². The molecule has 0 fully saturated rings. The van der Waals surface area contributed by atoms with Crippen molar-refractivity contribution in [1.82, 2.24) is 0 Å². The second kappa shape index (κ2) is 4.52. The standard InChI is InChI=1S/C11H7F6N/c1-6-4-8(10(12,13)14)7(2-3-18)9(5-6)11(15,16)17/h4-5H,2H2,1H3. The second-order valence-electron chi connectivity index (χ2n) is 3.67. The largest absolute Gasteiger partial charge is 0.416 e. The molecule has 0 aromatic heterocycles. The zero-order chi connectivity index (χ0) is 14.1. The number of benzene rings is 1. The Morgan fingerprint density at radius 2 is 1.39 bits per heavy atom. The van der Waals surface area contributed by atoms with Gasteiger partial charge >= 0.3 is 12.4 Å². The summed E-state index contributed by atoms with van der Waals surface area (Å²) < 4.78 is 75.9. The first-order valence-corrected chi connectivity index (χ1v) is 4.72. The van der Waals surface area contributed by atoms with Crippen LogP contribution in [0.15, 0.2) is 12.1 Å². The van der Waals surface area contributed by atoms with Gasteiger partial charge in [-0.3, -0.25) is 0 Å². The van der Waals surface area contributed by atoms with Crippen molar-refractivity contribution in [3.63, 3.8) is 0 Å². The van der Waals surface area contributed by atoms with Crippen molar-refractivity contribution in [3.8, 4) is 6.07 Å². The van der Waals surface area contributed by atoms with Crippen molar-refractivity contribution in [1.29, 1.82) is 5.26 Å². The van der Waals surface area contributed by atoms with Gasteiger partial charge in [-0.15, -0.1) is 0 Å². The van der Waals surface area contributed by atoms with Crippen LogP contribution in [0.3, 0.4) is 0 Å². The summed E-state index contributed by atoms with van der Waals surface area (Å²) >= 11 is 0.